The molecule has 0 aliphatic carbocycles. The van der Waals surface area contributed by atoms with Gasteiger partial charge in [-0.1, -0.05) is 0 Å². The van der Waals surface area contributed by atoms with Gasteiger partial charge in [-0.15, -0.1) is 0 Å². The van der Waals surface area contributed by atoms with Crippen LogP contribution in [-0.2, 0) is 0 Å². The Morgan fingerprint density at radius 1 is 1.62 bits per heavy atom. The summed E-state index contributed by atoms with van der Waals surface area (Å²) in [6.07, 6.45) is 6.63. The Labute approximate surface area is 92.1 Å². The number of hydrogen-bond donors (Lipinski definition) is 1. The molecule has 0 radical (unpaired) electrons. The van der Waals surface area contributed by atoms with Crippen LogP contribution in [0.25, 0.3) is 0 Å². The summed E-state index contributed by atoms with van der Waals surface area (Å²) >= 11 is 0.522. The van der Waals surface area contributed by atoms with E-state index in [0.29, 0.717) is 28.9 Å². The standard InChI is InChI=1S/C10H14FO.Sn.3H/c1-4-7-10(3,12)8-6-9(11)5-2;;;;/h1,4-6,8,12H,7H2,2-3H3;;;;. The fourth-order valence-corrected chi connectivity index (χ4v) is 1.45. The van der Waals surface area contributed by atoms with E-state index in [1.165, 1.54) is 18.2 Å². The van der Waals surface area contributed by atoms with Crippen molar-refractivity contribution in [1.82, 2.24) is 0 Å². The first-order valence-corrected chi connectivity index (χ1v) is 7.66. The van der Waals surface area contributed by atoms with Crippen LogP contribution >= 0.6 is 0 Å². The van der Waals surface area contributed by atoms with E-state index in [-0.39, 0.29) is 5.83 Å². The predicted molar refractivity (Wildman–Crippen MR) is 58.3 cm³/mol. The zero-order valence-electron chi connectivity index (χ0n) is 8.42. The van der Waals surface area contributed by atoms with Crippen LogP contribution in [0.15, 0.2) is 34.2 Å². The first-order valence-electron chi connectivity index (χ1n) is 4.36. The van der Waals surface area contributed by atoms with Crippen LogP contribution in [0.4, 0.5) is 4.39 Å². The van der Waals surface area contributed by atoms with Gasteiger partial charge in [0.1, 0.15) is 0 Å². The predicted octanol–water partition coefficient (Wildman–Crippen LogP) is 1.44. The van der Waals surface area contributed by atoms with Crippen LogP contribution in [0.2, 0.25) is 0 Å². The monoisotopic (exact) mass is 292 g/mol. The van der Waals surface area contributed by atoms with Gasteiger partial charge >= 0.3 is 92.1 Å². The summed E-state index contributed by atoms with van der Waals surface area (Å²) in [5.74, 6) is -0.320. The average Bonchev–Trinajstić information content (AvgIpc) is 2.11. The Morgan fingerprint density at radius 2 is 2.23 bits per heavy atom. The molecule has 1 atom stereocenters. The van der Waals surface area contributed by atoms with Crippen molar-refractivity contribution >= 4 is 22.5 Å². The molecule has 0 aliphatic heterocycles. The van der Waals surface area contributed by atoms with Gasteiger partial charge in [0.25, 0.3) is 0 Å². The summed E-state index contributed by atoms with van der Waals surface area (Å²) in [4.78, 5) is 0. The Morgan fingerprint density at radius 3 is 2.69 bits per heavy atom. The SMILES string of the molecule is CC=C(F)C=CC(C)(O)CC=[CH][SnH3]. The molecule has 74 valence electrons. The van der Waals surface area contributed by atoms with Crippen molar-refractivity contribution in [3.05, 3.63) is 34.2 Å². The van der Waals surface area contributed by atoms with Gasteiger partial charge in [-0.05, 0) is 0 Å². The van der Waals surface area contributed by atoms with E-state index >= 15 is 0 Å². The van der Waals surface area contributed by atoms with E-state index in [1.807, 2.05) is 6.08 Å². The molecule has 13 heavy (non-hydrogen) atoms. The average molecular weight is 291 g/mol. The van der Waals surface area contributed by atoms with Crippen molar-refractivity contribution in [2.45, 2.75) is 25.9 Å². The van der Waals surface area contributed by atoms with Crippen molar-refractivity contribution in [3.8, 4) is 0 Å². The normalized spacial score (nSPS) is 18.6. The van der Waals surface area contributed by atoms with E-state index < -0.39 is 5.60 Å². The molecule has 0 bridgehead atoms. The van der Waals surface area contributed by atoms with Gasteiger partial charge in [-0.25, -0.2) is 0 Å². The minimum absolute atomic E-state index is 0.320. The maximum atomic E-state index is 12.6. The fourth-order valence-electron chi connectivity index (χ4n) is 0.780. The summed E-state index contributed by atoms with van der Waals surface area (Å²) in [5.41, 5.74) is -0.932. The molecule has 0 heterocycles. The second-order valence-electron chi connectivity index (χ2n) is 3.14. The van der Waals surface area contributed by atoms with Gasteiger partial charge in [-0.3, -0.25) is 0 Å². The second-order valence-corrected chi connectivity index (χ2v) is 5.04. The molecule has 0 aromatic rings. The van der Waals surface area contributed by atoms with Crippen molar-refractivity contribution in [1.29, 1.82) is 0 Å². The molecule has 0 aromatic heterocycles. The van der Waals surface area contributed by atoms with Crippen LogP contribution < -0.4 is 0 Å². The van der Waals surface area contributed by atoms with E-state index in [2.05, 4.69) is 4.09 Å². The summed E-state index contributed by atoms with van der Waals surface area (Å²) in [6, 6.07) is 0. The quantitative estimate of drug-likeness (QED) is 0.614. The number of aliphatic hydroxyl groups is 1. The Bertz CT molecular complexity index is 229. The Hall–Kier alpha value is -0.0913. The number of halogens is 1. The number of allylic oxidation sites excluding steroid dienone is 3. The molecule has 0 aliphatic rings. The van der Waals surface area contributed by atoms with Gasteiger partial charge < -0.3 is 0 Å². The number of rotatable bonds is 4. The molecule has 1 N–H and O–H groups in total. The second kappa shape index (κ2) is 6.38. The van der Waals surface area contributed by atoms with Gasteiger partial charge in [0.05, 0.1) is 0 Å². The summed E-state index contributed by atoms with van der Waals surface area (Å²) in [6.45, 7) is 3.29. The molecule has 0 saturated carbocycles. The van der Waals surface area contributed by atoms with E-state index in [0.717, 1.165) is 0 Å². The van der Waals surface area contributed by atoms with Crippen LogP contribution in [-0.4, -0.2) is 33.2 Å². The topological polar surface area (TPSA) is 20.2 Å². The molecule has 0 saturated heterocycles. The molecular formula is C10H17FOSn. The molecule has 1 nitrogen and oxygen atoms in total. The molecular weight excluding hydrogens is 274 g/mol. The van der Waals surface area contributed by atoms with Crippen LogP contribution in [0, 0.1) is 0 Å². The van der Waals surface area contributed by atoms with Gasteiger partial charge in [0.2, 0.25) is 0 Å². The molecule has 3 heteroatoms. The first-order chi connectivity index (χ1) is 6.02. The van der Waals surface area contributed by atoms with Crippen LogP contribution in [0.3, 0.4) is 0 Å². The van der Waals surface area contributed by atoms with Crippen LogP contribution in [0.1, 0.15) is 20.3 Å². The molecule has 0 rings (SSSR count). The maximum absolute atomic E-state index is 12.6. The van der Waals surface area contributed by atoms with Gasteiger partial charge in [-0.2, -0.15) is 0 Å². The van der Waals surface area contributed by atoms with Gasteiger partial charge in [0, 0.05) is 0 Å². The fraction of sp³-hybridized carbons (Fsp3) is 0.400. The Kier molecular flexibility index (Phi) is 6.33. The van der Waals surface area contributed by atoms with Crippen molar-refractivity contribution in [2.24, 2.45) is 0 Å². The third kappa shape index (κ3) is 7.02. The van der Waals surface area contributed by atoms with Crippen molar-refractivity contribution in [2.75, 3.05) is 0 Å². The summed E-state index contributed by atoms with van der Waals surface area (Å²) in [7, 11) is 0. The summed E-state index contributed by atoms with van der Waals surface area (Å²) < 4.78 is 14.7. The van der Waals surface area contributed by atoms with E-state index in [4.69, 9.17) is 0 Å². The first kappa shape index (κ1) is 12.9. The third-order valence-electron chi connectivity index (χ3n) is 1.64. The Balaban J connectivity index is 4.23. The molecule has 1 unspecified atom stereocenters. The summed E-state index contributed by atoms with van der Waals surface area (Å²) in [5, 5.41) is 9.68. The molecule has 0 fully saturated rings. The third-order valence-corrected chi connectivity index (χ3v) is 2.99. The molecule has 0 spiro atoms. The number of hydrogen-bond acceptors (Lipinski definition) is 1. The van der Waals surface area contributed by atoms with E-state index in [9.17, 15) is 9.50 Å². The zero-order valence-corrected chi connectivity index (χ0v) is 14.1. The van der Waals surface area contributed by atoms with Crippen LogP contribution in [0.5, 0.6) is 0 Å². The van der Waals surface area contributed by atoms with Crippen molar-refractivity contribution < 1.29 is 9.50 Å². The van der Waals surface area contributed by atoms with Gasteiger partial charge in [0.15, 0.2) is 0 Å². The van der Waals surface area contributed by atoms with Crippen molar-refractivity contribution in [3.63, 3.8) is 0 Å². The molecule has 0 amide bonds. The minimum atomic E-state index is -0.932. The van der Waals surface area contributed by atoms with E-state index in [1.54, 1.807) is 13.8 Å². The molecule has 0 aromatic carbocycles. The zero-order chi connectivity index (χ0) is 10.3.